The lowest BCUT2D eigenvalue weighted by molar-refractivity contribution is 0.448. The van der Waals surface area contributed by atoms with Crippen molar-refractivity contribution in [3.05, 3.63) is 70.8 Å². The van der Waals surface area contributed by atoms with Crippen LogP contribution in [0.25, 0.3) is 0 Å². The number of hydrogen-bond donors (Lipinski definition) is 0. The molecule has 2 unspecified atom stereocenters. The van der Waals surface area contributed by atoms with Crippen LogP contribution >= 0.6 is 15.9 Å². The molecule has 0 spiro atoms. The van der Waals surface area contributed by atoms with E-state index in [1.54, 1.807) is 0 Å². The van der Waals surface area contributed by atoms with E-state index in [0.29, 0.717) is 6.42 Å². The van der Waals surface area contributed by atoms with Crippen LogP contribution in [-0.2, 0) is 12.8 Å². The largest absolute Gasteiger partial charge is 0.207 e. The molecule has 0 heterocycles. The van der Waals surface area contributed by atoms with Crippen molar-refractivity contribution in [2.45, 2.75) is 30.5 Å². The van der Waals surface area contributed by atoms with E-state index in [0.717, 1.165) is 19.3 Å². The van der Waals surface area contributed by atoms with E-state index in [9.17, 15) is 8.78 Å². The van der Waals surface area contributed by atoms with Crippen LogP contribution in [0.5, 0.6) is 0 Å². The van der Waals surface area contributed by atoms with Gasteiger partial charge in [0.15, 0.2) is 0 Å². The summed E-state index contributed by atoms with van der Waals surface area (Å²) in [5, 5.41) is 0. The van der Waals surface area contributed by atoms with E-state index in [-0.39, 0.29) is 16.3 Å². The number of rotatable bonds is 2. The lowest BCUT2D eigenvalue weighted by Crippen LogP contribution is -2.12. The molecule has 0 fully saturated rings. The van der Waals surface area contributed by atoms with E-state index in [1.807, 2.05) is 6.07 Å². The lowest BCUT2D eigenvalue weighted by atomic mass is 9.90. The first-order valence-corrected chi connectivity index (χ1v) is 8.23. The fourth-order valence-corrected chi connectivity index (χ4v) is 4.08. The second-order valence-corrected chi connectivity index (χ2v) is 6.64. The third-order valence-electron chi connectivity index (χ3n) is 4.32. The fourth-order valence-electron chi connectivity index (χ4n) is 3.18. The Balaban J connectivity index is 1.90. The number of hydrogen-bond acceptors (Lipinski definition) is 0. The highest BCUT2D eigenvalue weighted by atomic mass is 79.9. The Labute approximate surface area is 132 Å². The van der Waals surface area contributed by atoms with Gasteiger partial charge in [-0.15, -0.1) is 0 Å². The Morgan fingerprint density at radius 1 is 1.00 bits per heavy atom. The first-order valence-electron chi connectivity index (χ1n) is 7.31. The summed E-state index contributed by atoms with van der Waals surface area (Å²) < 4.78 is 27.7. The first kappa shape index (κ1) is 14.7. The standard InChI is InChI=1S/C18H17BrF2/c19-18-13(11-15-16(20)9-4-10-17(15)21)7-3-6-12-5-1-2-8-14(12)18/h1-2,4-5,8-10,13,18H,3,6-7,11H2. The van der Waals surface area contributed by atoms with Crippen molar-refractivity contribution in [1.82, 2.24) is 0 Å². The molecule has 21 heavy (non-hydrogen) atoms. The molecule has 1 aliphatic rings. The zero-order valence-corrected chi connectivity index (χ0v) is 13.2. The molecule has 3 rings (SSSR count). The van der Waals surface area contributed by atoms with Crippen molar-refractivity contribution in [2.75, 3.05) is 0 Å². The minimum absolute atomic E-state index is 0.148. The number of halogens is 3. The Morgan fingerprint density at radius 2 is 1.71 bits per heavy atom. The summed E-state index contributed by atoms with van der Waals surface area (Å²) >= 11 is 3.77. The highest BCUT2D eigenvalue weighted by molar-refractivity contribution is 9.09. The maximum atomic E-state index is 13.9. The molecule has 0 bridgehead atoms. The third kappa shape index (κ3) is 3.03. The van der Waals surface area contributed by atoms with Crippen LogP contribution in [0.15, 0.2) is 42.5 Å². The van der Waals surface area contributed by atoms with E-state index in [1.165, 1.54) is 29.3 Å². The summed E-state index contributed by atoms with van der Waals surface area (Å²) in [5.41, 5.74) is 2.82. The summed E-state index contributed by atoms with van der Waals surface area (Å²) in [6.07, 6.45) is 3.50. The van der Waals surface area contributed by atoms with E-state index < -0.39 is 11.6 Å². The second kappa shape index (κ2) is 6.27. The first-order chi connectivity index (χ1) is 10.2. The molecule has 0 radical (unpaired) electrons. The van der Waals surface area contributed by atoms with Crippen LogP contribution in [0.2, 0.25) is 0 Å². The molecule has 0 saturated carbocycles. The van der Waals surface area contributed by atoms with Gasteiger partial charge in [0.25, 0.3) is 0 Å². The molecule has 2 aromatic carbocycles. The van der Waals surface area contributed by atoms with Crippen molar-refractivity contribution in [2.24, 2.45) is 5.92 Å². The number of benzene rings is 2. The molecular weight excluding hydrogens is 334 g/mol. The quantitative estimate of drug-likeness (QED) is 0.488. The van der Waals surface area contributed by atoms with Crippen molar-refractivity contribution in [3.8, 4) is 0 Å². The SMILES string of the molecule is Fc1cccc(F)c1CC1CCCc2ccccc2C1Br. The zero-order chi connectivity index (χ0) is 14.8. The molecule has 2 atom stereocenters. The molecule has 0 nitrogen and oxygen atoms in total. The van der Waals surface area contributed by atoms with Crippen LogP contribution in [-0.4, -0.2) is 0 Å². The van der Waals surface area contributed by atoms with Crippen molar-refractivity contribution >= 4 is 15.9 Å². The Bertz CT molecular complexity index is 619. The van der Waals surface area contributed by atoms with Gasteiger partial charge in [0.2, 0.25) is 0 Å². The average Bonchev–Trinajstić information content (AvgIpc) is 2.63. The summed E-state index contributed by atoms with van der Waals surface area (Å²) in [5.74, 6) is -0.667. The van der Waals surface area contributed by atoms with E-state index in [2.05, 4.69) is 34.1 Å². The van der Waals surface area contributed by atoms with Crippen molar-refractivity contribution in [3.63, 3.8) is 0 Å². The molecule has 0 N–H and O–H groups in total. The normalized spacial score (nSPS) is 21.7. The summed E-state index contributed by atoms with van der Waals surface area (Å²) in [6.45, 7) is 0. The molecular formula is C18H17BrF2. The summed E-state index contributed by atoms with van der Waals surface area (Å²) in [6, 6.07) is 12.4. The molecule has 0 amide bonds. The van der Waals surface area contributed by atoms with E-state index >= 15 is 0 Å². The molecule has 0 aromatic heterocycles. The van der Waals surface area contributed by atoms with Gasteiger partial charge in [-0.05, 0) is 54.9 Å². The number of aryl methyl sites for hydroxylation is 1. The van der Waals surface area contributed by atoms with Gasteiger partial charge in [0.1, 0.15) is 11.6 Å². The van der Waals surface area contributed by atoms with E-state index in [4.69, 9.17) is 0 Å². The maximum Gasteiger partial charge on any atom is 0.129 e. The highest BCUT2D eigenvalue weighted by Crippen LogP contribution is 2.41. The van der Waals surface area contributed by atoms with Gasteiger partial charge >= 0.3 is 0 Å². The predicted molar refractivity (Wildman–Crippen MR) is 84.6 cm³/mol. The monoisotopic (exact) mass is 350 g/mol. The van der Waals surface area contributed by atoms with Gasteiger partial charge in [0.05, 0.1) is 0 Å². The maximum absolute atomic E-state index is 13.9. The minimum atomic E-state index is -0.438. The lowest BCUT2D eigenvalue weighted by Gasteiger charge is -2.22. The Morgan fingerprint density at radius 3 is 2.48 bits per heavy atom. The van der Waals surface area contributed by atoms with Gasteiger partial charge in [0, 0.05) is 10.4 Å². The average molecular weight is 351 g/mol. The van der Waals surface area contributed by atoms with Crippen LogP contribution < -0.4 is 0 Å². The fraction of sp³-hybridized carbons (Fsp3) is 0.333. The topological polar surface area (TPSA) is 0 Å². The van der Waals surface area contributed by atoms with Gasteiger partial charge in [-0.1, -0.05) is 46.3 Å². The van der Waals surface area contributed by atoms with Crippen molar-refractivity contribution < 1.29 is 8.78 Å². The Kier molecular flexibility index (Phi) is 4.39. The third-order valence-corrected chi connectivity index (χ3v) is 5.56. The molecule has 1 aliphatic carbocycles. The van der Waals surface area contributed by atoms with Crippen LogP contribution in [0.1, 0.15) is 34.4 Å². The van der Waals surface area contributed by atoms with Gasteiger partial charge in [-0.2, -0.15) is 0 Å². The van der Waals surface area contributed by atoms with Crippen LogP contribution in [0.4, 0.5) is 8.78 Å². The van der Waals surface area contributed by atoms with Crippen LogP contribution in [0, 0.1) is 17.6 Å². The molecule has 0 saturated heterocycles. The molecule has 0 aliphatic heterocycles. The van der Waals surface area contributed by atoms with Gasteiger partial charge in [-0.3, -0.25) is 0 Å². The zero-order valence-electron chi connectivity index (χ0n) is 11.7. The number of fused-ring (bicyclic) bond motifs is 1. The summed E-state index contributed by atoms with van der Waals surface area (Å²) in [4.78, 5) is 0.148. The second-order valence-electron chi connectivity index (χ2n) is 5.66. The van der Waals surface area contributed by atoms with Gasteiger partial charge < -0.3 is 0 Å². The summed E-state index contributed by atoms with van der Waals surface area (Å²) in [7, 11) is 0. The number of alkyl halides is 1. The smallest absolute Gasteiger partial charge is 0.129 e. The van der Waals surface area contributed by atoms with Crippen LogP contribution in [0.3, 0.4) is 0 Å². The predicted octanol–water partition coefficient (Wildman–Crippen LogP) is 5.60. The highest BCUT2D eigenvalue weighted by Gasteiger charge is 2.27. The van der Waals surface area contributed by atoms with Gasteiger partial charge in [-0.25, -0.2) is 8.78 Å². The van der Waals surface area contributed by atoms with Crippen molar-refractivity contribution in [1.29, 1.82) is 0 Å². The molecule has 2 aromatic rings. The molecule has 110 valence electrons. The Hall–Kier alpha value is -1.22. The minimum Gasteiger partial charge on any atom is -0.207 e. The molecule has 3 heteroatoms.